The molecule has 1 aromatic rings. The number of hydrogen-bond acceptors (Lipinski definition) is 6. The third kappa shape index (κ3) is 5.41. The average Bonchev–Trinajstić information content (AvgIpc) is 3.32. The van der Waals surface area contributed by atoms with Crippen molar-refractivity contribution in [2.45, 2.75) is 45.1 Å². The maximum absolute atomic E-state index is 12.8. The van der Waals surface area contributed by atoms with Crippen LogP contribution in [0, 0.1) is 5.92 Å². The molecule has 2 atom stereocenters. The number of amides is 1. The van der Waals surface area contributed by atoms with Gasteiger partial charge >= 0.3 is 0 Å². The number of anilines is 1. The van der Waals surface area contributed by atoms with E-state index in [1.54, 1.807) is 6.20 Å². The number of hydrogen-bond donors (Lipinski definition) is 2. The number of unbranched alkanes of at least 4 members (excludes halogenated alkanes) is 1. The first-order chi connectivity index (χ1) is 12.7. The number of thiazole rings is 1. The number of aromatic nitrogens is 1. The summed E-state index contributed by atoms with van der Waals surface area (Å²) in [6, 6.07) is 0.279. The molecule has 0 aromatic carbocycles. The van der Waals surface area contributed by atoms with Crippen LogP contribution in [-0.4, -0.2) is 68.1 Å². The second-order valence-electron chi connectivity index (χ2n) is 7.70. The molecule has 0 spiro atoms. The lowest BCUT2D eigenvalue weighted by Crippen LogP contribution is -2.44. The van der Waals surface area contributed by atoms with Crippen LogP contribution in [0.5, 0.6) is 0 Å². The van der Waals surface area contributed by atoms with E-state index >= 15 is 0 Å². The van der Waals surface area contributed by atoms with Crippen LogP contribution in [0.2, 0.25) is 0 Å². The minimum atomic E-state index is 0.0509. The van der Waals surface area contributed by atoms with Crippen molar-refractivity contribution < 1.29 is 4.79 Å². The Balaban J connectivity index is 1.56. The summed E-state index contributed by atoms with van der Waals surface area (Å²) in [5.41, 5.74) is 0. The Morgan fingerprint density at radius 2 is 2.23 bits per heavy atom. The van der Waals surface area contributed by atoms with E-state index in [0.29, 0.717) is 5.92 Å². The topological polar surface area (TPSA) is 60.5 Å². The minimum Gasteiger partial charge on any atom is -0.349 e. The SMILES string of the molecule is CCCCC(CC1CCNC1)NC(=O)c1cnc(N2CCN(C)CC2)s1. The molecule has 2 N–H and O–H groups in total. The third-order valence-electron chi connectivity index (χ3n) is 5.51. The Morgan fingerprint density at radius 3 is 2.92 bits per heavy atom. The lowest BCUT2D eigenvalue weighted by atomic mass is 9.95. The van der Waals surface area contributed by atoms with E-state index in [1.165, 1.54) is 30.6 Å². The number of likely N-dealkylation sites (N-methyl/N-ethyl adjacent to an activating group) is 1. The number of carbonyl (C=O) groups excluding carboxylic acids is 1. The highest BCUT2D eigenvalue weighted by Crippen LogP contribution is 2.24. The van der Waals surface area contributed by atoms with E-state index in [0.717, 1.165) is 62.1 Å². The monoisotopic (exact) mass is 379 g/mol. The second-order valence-corrected chi connectivity index (χ2v) is 8.71. The Morgan fingerprint density at radius 1 is 1.42 bits per heavy atom. The molecule has 2 aliphatic heterocycles. The average molecular weight is 380 g/mol. The summed E-state index contributed by atoms with van der Waals surface area (Å²) in [5, 5.41) is 7.71. The summed E-state index contributed by atoms with van der Waals surface area (Å²) in [5.74, 6) is 0.745. The zero-order valence-corrected chi connectivity index (χ0v) is 17.0. The van der Waals surface area contributed by atoms with Gasteiger partial charge in [-0.2, -0.15) is 0 Å². The van der Waals surface area contributed by atoms with Crippen LogP contribution >= 0.6 is 11.3 Å². The standard InChI is InChI=1S/C19H33N5OS/c1-3-4-5-16(12-15-6-7-20-13-15)22-18(25)17-14-21-19(26-17)24-10-8-23(2)9-11-24/h14-16,20H,3-13H2,1-2H3,(H,22,25). The summed E-state index contributed by atoms with van der Waals surface area (Å²) in [6.07, 6.45) is 7.48. The Bertz CT molecular complexity index is 564. The summed E-state index contributed by atoms with van der Waals surface area (Å²) < 4.78 is 0. The molecule has 7 heteroatoms. The molecule has 2 unspecified atom stereocenters. The number of piperazine rings is 1. The first-order valence-electron chi connectivity index (χ1n) is 10.1. The van der Waals surface area contributed by atoms with Gasteiger partial charge in [0.05, 0.1) is 6.20 Å². The van der Waals surface area contributed by atoms with Gasteiger partial charge in [0.2, 0.25) is 0 Å². The van der Waals surface area contributed by atoms with Crippen molar-refractivity contribution in [3.05, 3.63) is 11.1 Å². The van der Waals surface area contributed by atoms with Gasteiger partial charge in [-0.3, -0.25) is 4.79 Å². The molecule has 0 aliphatic carbocycles. The first kappa shape index (κ1) is 19.6. The molecule has 2 fully saturated rings. The fourth-order valence-corrected chi connectivity index (χ4v) is 4.66. The number of rotatable bonds is 8. The number of nitrogens with one attached hydrogen (secondary N) is 2. The van der Waals surface area contributed by atoms with Gasteiger partial charge in [0.25, 0.3) is 5.91 Å². The predicted octanol–water partition coefficient (Wildman–Crippen LogP) is 2.18. The number of carbonyl (C=O) groups is 1. The Kier molecular flexibility index (Phi) is 7.28. The van der Waals surface area contributed by atoms with Gasteiger partial charge in [0.15, 0.2) is 5.13 Å². The van der Waals surface area contributed by atoms with Crippen LogP contribution in [0.3, 0.4) is 0 Å². The molecule has 2 aliphatic rings. The van der Waals surface area contributed by atoms with Crippen LogP contribution in [0.1, 0.15) is 48.7 Å². The third-order valence-corrected chi connectivity index (χ3v) is 6.57. The van der Waals surface area contributed by atoms with Crippen molar-refractivity contribution in [1.82, 2.24) is 20.5 Å². The molecule has 0 bridgehead atoms. The van der Waals surface area contributed by atoms with Gasteiger partial charge in [0, 0.05) is 32.2 Å². The summed E-state index contributed by atoms with van der Waals surface area (Å²) in [4.78, 5) is 22.6. The maximum Gasteiger partial charge on any atom is 0.263 e. The molecule has 1 aromatic heterocycles. The van der Waals surface area contributed by atoms with Crippen LogP contribution in [-0.2, 0) is 0 Å². The molecule has 2 saturated heterocycles. The molecule has 26 heavy (non-hydrogen) atoms. The maximum atomic E-state index is 12.8. The van der Waals surface area contributed by atoms with Crippen LogP contribution in [0.15, 0.2) is 6.20 Å². The highest BCUT2D eigenvalue weighted by molar-refractivity contribution is 7.17. The van der Waals surface area contributed by atoms with Gasteiger partial charge in [-0.1, -0.05) is 31.1 Å². The summed E-state index contributed by atoms with van der Waals surface area (Å²) >= 11 is 1.53. The molecule has 0 saturated carbocycles. The van der Waals surface area contributed by atoms with E-state index in [1.807, 2.05) is 0 Å². The van der Waals surface area contributed by atoms with Crippen molar-refractivity contribution in [2.75, 3.05) is 51.2 Å². The lowest BCUT2D eigenvalue weighted by Gasteiger charge is -2.32. The van der Waals surface area contributed by atoms with E-state index in [9.17, 15) is 4.79 Å². The quantitative estimate of drug-likeness (QED) is 0.725. The van der Waals surface area contributed by atoms with Gasteiger partial charge in [-0.05, 0) is 45.3 Å². The Labute approximate surface area is 161 Å². The highest BCUT2D eigenvalue weighted by Gasteiger charge is 2.23. The highest BCUT2D eigenvalue weighted by atomic mass is 32.1. The van der Waals surface area contributed by atoms with E-state index in [-0.39, 0.29) is 11.9 Å². The normalized spacial score (nSPS) is 22.5. The molecule has 1 amide bonds. The van der Waals surface area contributed by atoms with Gasteiger partial charge in [-0.25, -0.2) is 4.98 Å². The van der Waals surface area contributed by atoms with Crippen LogP contribution < -0.4 is 15.5 Å². The zero-order valence-electron chi connectivity index (χ0n) is 16.2. The summed E-state index contributed by atoms with van der Waals surface area (Å²) in [7, 11) is 2.15. The summed E-state index contributed by atoms with van der Waals surface area (Å²) in [6.45, 7) is 8.49. The van der Waals surface area contributed by atoms with Crippen molar-refractivity contribution in [1.29, 1.82) is 0 Å². The largest absolute Gasteiger partial charge is 0.349 e. The van der Waals surface area contributed by atoms with Gasteiger partial charge in [-0.15, -0.1) is 0 Å². The smallest absolute Gasteiger partial charge is 0.263 e. The van der Waals surface area contributed by atoms with Crippen LogP contribution in [0.4, 0.5) is 5.13 Å². The van der Waals surface area contributed by atoms with Crippen molar-refractivity contribution >= 4 is 22.4 Å². The molecular formula is C19H33N5OS. The molecule has 3 heterocycles. The molecule has 3 rings (SSSR count). The fraction of sp³-hybridized carbons (Fsp3) is 0.789. The van der Waals surface area contributed by atoms with Gasteiger partial charge in [0.1, 0.15) is 4.88 Å². The predicted molar refractivity (Wildman–Crippen MR) is 108 cm³/mol. The lowest BCUT2D eigenvalue weighted by molar-refractivity contribution is 0.0932. The molecule has 0 radical (unpaired) electrons. The Hall–Kier alpha value is -1.18. The number of nitrogens with zero attached hydrogens (tertiary/aromatic N) is 3. The second kappa shape index (κ2) is 9.67. The van der Waals surface area contributed by atoms with Crippen molar-refractivity contribution in [2.24, 2.45) is 5.92 Å². The zero-order chi connectivity index (χ0) is 18.4. The molecular weight excluding hydrogens is 346 g/mol. The van der Waals surface area contributed by atoms with Crippen molar-refractivity contribution in [3.8, 4) is 0 Å². The van der Waals surface area contributed by atoms with E-state index in [2.05, 4.69) is 39.4 Å². The first-order valence-corrected chi connectivity index (χ1v) is 10.9. The fourth-order valence-electron chi connectivity index (χ4n) is 3.79. The van der Waals surface area contributed by atoms with Crippen molar-refractivity contribution in [3.63, 3.8) is 0 Å². The van der Waals surface area contributed by atoms with E-state index < -0.39 is 0 Å². The minimum absolute atomic E-state index is 0.0509. The molecule has 146 valence electrons. The van der Waals surface area contributed by atoms with Crippen LogP contribution in [0.25, 0.3) is 0 Å². The van der Waals surface area contributed by atoms with E-state index in [4.69, 9.17) is 0 Å². The van der Waals surface area contributed by atoms with Gasteiger partial charge < -0.3 is 20.4 Å². The molecule has 6 nitrogen and oxygen atoms in total.